The van der Waals surface area contributed by atoms with E-state index in [1.165, 1.54) is 38.5 Å². The Kier molecular flexibility index (Phi) is 12.1. The normalized spacial score (nSPS) is 11.8. The van der Waals surface area contributed by atoms with E-state index in [-0.39, 0.29) is 18.3 Å². The summed E-state index contributed by atoms with van der Waals surface area (Å²) in [5.74, 6) is 0.0371. The highest BCUT2D eigenvalue weighted by Crippen LogP contribution is 2.35. The zero-order valence-corrected chi connectivity index (χ0v) is 20.3. The second-order valence-electron chi connectivity index (χ2n) is 8.72. The molecule has 0 aliphatic rings. The molecule has 6 heteroatoms. The first-order valence-electron chi connectivity index (χ1n) is 11.6. The Bertz CT molecular complexity index is 715. The van der Waals surface area contributed by atoms with Crippen LogP contribution in [0.25, 0.3) is 0 Å². The van der Waals surface area contributed by atoms with Gasteiger partial charge in [-0.1, -0.05) is 104 Å². The minimum Gasteiger partial charge on any atom is -0.366 e. The molecule has 1 N–H and O–H groups in total. The molecule has 0 atom stereocenters. The van der Waals surface area contributed by atoms with Gasteiger partial charge in [-0.25, -0.2) is 4.72 Å². The van der Waals surface area contributed by atoms with Crippen LogP contribution in [0.1, 0.15) is 122 Å². The number of unbranched alkanes of at least 4 members (excludes halogenated alkanes) is 8. The molecular weight excluding hydrogens is 398 g/mol. The van der Waals surface area contributed by atoms with Gasteiger partial charge < -0.3 is 4.18 Å². The molecule has 1 amide bonds. The average Bonchev–Trinajstić information content (AvgIpc) is 2.65. The summed E-state index contributed by atoms with van der Waals surface area (Å²) in [6.07, 6.45) is 10.5. The van der Waals surface area contributed by atoms with Crippen LogP contribution in [0.15, 0.2) is 18.2 Å². The van der Waals surface area contributed by atoms with Gasteiger partial charge >= 0.3 is 10.3 Å². The molecule has 5 nitrogen and oxygen atoms in total. The largest absolute Gasteiger partial charge is 0.409 e. The third-order valence-corrected chi connectivity index (χ3v) is 6.12. The minimum atomic E-state index is -4.21. The van der Waals surface area contributed by atoms with Crippen molar-refractivity contribution in [2.75, 3.05) is 0 Å². The van der Waals surface area contributed by atoms with Crippen LogP contribution in [0.2, 0.25) is 0 Å². The molecule has 0 heterocycles. The number of nitrogens with one attached hydrogen (secondary N) is 1. The number of benzene rings is 1. The zero-order valence-electron chi connectivity index (χ0n) is 19.5. The predicted molar refractivity (Wildman–Crippen MR) is 124 cm³/mol. The molecule has 0 aliphatic heterocycles. The number of carbonyl (C=O) groups is 1. The van der Waals surface area contributed by atoms with Crippen molar-refractivity contribution in [3.63, 3.8) is 0 Å². The maximum atomic E-state index is 12.5. The molecule has 1 aromatic carbocycles. The molecule has 1 rings (SSSR count). The molecule has 0 bridgehead atoms. The van der Waals surface area contributed by atoms with Crippen LogP contribution >= 0.6 is 0 Å². The van der Waals surface area contributed by atoms with E-state index in [0.717, 1.165) is 24.0 Å². The summed E-state index contributed by atoms with van der Waals surface area (Å²) in [6.45, 7) is 10.2. The van der Waals surface area contributed by atoms with Crippen LogP contribution in [0, 0.1) is 0 Å². The molecule has 1 aromatic rings. The molecular formula is C24H41NO4S. The Morgan fingerprint density at radius 1 is 0.867 bits per heavy atom. The third kappa shape index (κ3) is 9.96. The van der Waals surface area contributed by atoms with Crippen LogP contribution in [0.5, 0.6) is 5.75 Å². The lowest BCUT2D eigenvalue weighted by atomic mass is 9.94. The second-order valence-corrected chi connectivity index (χ2v) is 10.00. The van der Waals surface area contributed by atoms with Crippen molar-refractivity contribution >= 4 is 16.2 Å². The van der Waals surface area contributed by atoms with Crippen molar-refractivity contribution in [1.29, 1.82) is 0 Å². The predicted octanol–water partition coefficient (Wildman–Crippen LogP) is 6.59. The van der Waals surface area contributed by atoms with Crippen molar-refractivity contribution in [3.05, 3.63) is 29.3 Å². The standard InChI is InChI=1S/C24H41NO4S/c1-6-7-8-9-10-11-12-13-14-18-23(26)25-30(27,28)29-24-21(19(2)3)16-15-17-22(24)20(4)5/h15-17,19-20H,6-14,18H2,1-5H3,(H,25,26). The Balaban J connectivity index is 2.52. The lowest BCUT2D eigenvalue weighted by Gasteiger charge is -2.19. The van der Waals surface area contributed by atoms with E-state index in [2.05, 4.69) is 11.6 Å². The maximum absolute atomic E-state index is 12.5. The molecule has 0 aliphatic carbocycles. The fourth-order valence-electron chi connectivity index (χ4n) is 3.50. The first-order chi connectivity index (χ1) is 14.2. The fraction of sp³-hybridized carbons (Fsp3) is 0.708. The van der Waals surface area contributed by atoms with Gasteiger partial charge in [0.05, 0.1) is 0 Å². The fourth-order valence-corrected chi connectivity index (χ4v) is 4.33. The third-order valence-electron chi connectivity index (χ3n) is 5.26. The number of carbonyl (C=O) groups excluding carboxylic acids is 1. The van der Waals surface area contributed by atoms with E-state index < -0.39 is 16.2 Å². The van der Waals surface area contributed by atoms with Crippen molar-refractivity contribution in [2.24, 2.45) is 0 Å². The summed E-state index contributed by atoms with van der Waals surface area (Å²) in [6, 6.07) is 5.64. The van der Waals surface area contributed by atoms with Crippen LogP contribution in [-0.2, 0) is 15.1 Å². The summed E-state index contributed by atoms with van der Waals surface area (Å²) in [5, 5.41) is 0. The Hall–Kier alpha value is -1.56. The minimum absolute atomic E-state index is 0.103. The average molecular weight is 440 g/mol. The highest BCUT2D eigenvalue weighted by Gasteiger charge is 2.23. The van der Waals surface area contributed by atoms with Gasteiger partial charge in [0, 0.05) is 6.42 Å². The van der Waals surface area contributed by atoms with Crippen LogP contribution < -0.4 is 8.91 Å². The molecule has 0 radical (unpaired) electrons. The van der Waals surface area contributed by atoms with Gasteiger partial charge in [-0.15, -0.1) is 0 Å². The van der Waals surface area contributed by atoms with Gasteiger partial charge in [0.15, 0.2) is 5.75 Å². The molecule has 172 valence electrons. The molecule has 30 heavy (non-hydrogen) atoms. The van der Waals surface area contributed by atoms with Crippen LogP contribution in [0.3, 0.4) is 0 Å². The van der Waals surface area contributed by atoms with E-state index in [0.29, 0.717) is 12.2 Å². The van der Waals surface area contributed by atoms with Gasteiger partial charge in [-0.05, 0) is 29.4 Å². The zero-order chi connectivity index (χ0) is 22.6. The van der Waals surface area contributed by atoms with Gasteiger partial charge in [0.1, 0.15) is 0 Å². The smallest absolute Gasteiger partial charge is 0.366 e. The highest BCUT2D eigenvalue weighted by molar-refractivity contribution is 7.85. The van der Waals surface area contributed by atoms with E-state index >= 15 is 0 Å². The van der Waals surface area contributed by atoms with E-state index in [9.17, 15) is 13.2 Å². The second kappa shape index (κ2) is 13.7. The maximum Gasteiger partial charge on any atom is 0.409 e. The first kappa shape index (κ1) is 26.5. The molecule has 0 saturated heterocycles. The lowest BCUT2D eigenvalue weighted by molar-refractivity contribution is -0.119. The van der Waals surface area contributed by atoms with Crippen LogP contribution in [0.4, 0.5) is 0 Å². The number of amides is 1. The Morgan fingerprint density at radius 3 is 1.80 bits per heavy atom. The Morgan fingerprint density at radius 2 is 1.33 bits per heavy atom. The summed E-state index contributed by atoms with van der Waals surface area (Å²) >= 11 is 0. The molecule has 0 fully saturated rings. The van der Waals surface area contributed by atoms with Crippen molar-refractivity contribution in [1.82, 2.24) is 4.72 Å². The van der Waals surface area contributed by atoms with Gasteiger partial charge in [-0.2, -0.15) is 8.42 Å². The highest BCUT2D eigenvalue weighted by atomic mass is 32.2. The van der Waals surface area contributed by atoms with E-state index in [1.54, 1.807) is 0 Å². The number of hydrogen-bond donors (Lipinski definition) is 1. The molecule has 0 aromatic heterocycles. The SMILES string of the molecule is CCCCCCCCCCCC(=O)NS(=O)(=O)Oc1c(C(C)C)cccc1C(C)C. The number of rotatable bonds is 15. The first-order valence-corrected chi connectivity index (χ1v) is 13.0. The molecule has 0 spiro atoms. The summed E-state index contributed by atoms with van der Waals surface area (Å²) in [4.78, 5) is 12.1. The van der Waals surface area contributed by atoms with Crippen molar-refractivity contribution < 1.29 is 17.4 Å². The van der Waals surface area contributed by atoms with E-state index in [1.807, 2.05) is 45.9 Å². The van der Waals surface area contributed by atoms with Crippen molar-refractivity contribution in [2.45, 2.75) is 111 Å². The van der Waals surface area contributed by atoms with Crippen molar-refractivity contribution in [3.8, 4) is 5.75 Å². The van der Waals surface area contributed by atoms with E-state index in [4.69, 9.17) is 4.18 Å². The summed E-state index contributed by atoms with van der Waals surface area (Å²) in [5.41, 5.74) is 1.64. The lowest BCUT2D eigenvalue weighted by Crippen LogP contribution is -2.34. The summed E-state index contributed by atoms with van der Waals surface area (Å²) in [7, 11) is -4.21. The number of para-hydroxylation sites is 1. The summed E-state index contributed by atoms with van der Waals surface area (Å²) < 4.78 is 32.4. The molecule has 0 saturated carbocycles. The molecule has 0 unspecified atom stereocenters. The Labute approximate surface area is 184 Å². The van der Waals surface area contributed by atoms with Gasteiger partial charge in [0.25, 0.3) is 0 Å². The quantitative estimate of drug-likeness (QED) is 0.313. The number of hydrogen-bond acceptors (Lipinski definition) is 4. The monoisotopic (exact) mass is 439 g/mol. The van der Waals surface area contributed by atoms with Gasteiger partial charge in [0.2, 0.25) is 5.91 Å². The van der Waals surface area contributed by atoms with Crippen LogP contribution in [-0.4, -0.2) is 14.3 Å². The topological polar surface area (TPSA) is 72.5 Å². The van der Waals surface area contributed by atoms with Gasteiger partial charge in [-0.3, -0.25) is 4.79 Å².